The van der Waals surface area contributed by atoms with Crippen LogP contribution in [-0.4, -0.2) is 11.5 Å². The number of hydrogen-bond acceptors (Lipinski definition) is 2. The highest BCUT2D eigenvalue weighted by Gasteiger charge is 2.09. The lowest BCUT2D eigenvalue weighted by Gasteiger charge is -2.05. The molecule has 0 spiro atoms. The molecule has 0 aliphatic rings. The number of thioether (sulfide) groups is 1. The molecule has 0 aliphatic carbocycles. The number of Topliss-reactive ketones (excluding diaryl/α,β-unsaturated/α-hetero) is 1. The Labute approximate surface area is 104 Å². The van der Waals surface area contributed by atoms with Crippen LogP contribution in [0.5, 0.6) is 0 Å². The lowest BCUT2D eigenvalue weighted by molar-refractivity contribution is -0.119. The van der Waals surface area contributed by atoms with Crippen molar-refractivity contribution < 1.29 is 4.79 Å². The lowest BCUT2D eigenvalue weighted by atomic mass is 10.1. The zero-order valence-electron chi connectivity index (χ0n) is 8.59. The minimum Gasteiger partial charge on any atom is -0.298 e. The van der Waals surface area contributed by atoms with Gasteiger partial charge in [-0.3, -0.25) is 4.79 Å². The third-order valence-corrected chi connectivity index (χ3v) is 3.66. The van der Waals surface area contributed by atoms with Gasteiger partial charge in [0.1, 0.15) is 5.78 Å². The molecule has 0 fully saturated rings. The zero-order valence-corrected chi connectivity index (χ0v) is 10.9. The van der Waals surface area contributed by atoms with Crippen molar-refractivity contribution in [1.29, 1.82) is 0 Å². The number of ketones is 1. The zero-order chi connectivity index (χ0) is 11.4. The number of carbonyl (C=O) groups is 1. The van der Waals surface area contributed by atoms with Gasteiger partial charge in [-0.2, -0.15) is 0 Å². The second-order valence-electron chi connectivity index (χ2n) is 3.48. The number of benzene rings is 1. The van der Waals surface area contributed by atoms with E-state index in [2.05, 4.69) is 0 Å². The second kappa shape index (κ2) is 5.78. The van der Waals surface area contributed by atoms with Gasteiger partial charge < -0.3 is 0 Å². The highest BCUT2D eigenvalue weighted by molar-refractivity contribution is 8.00. The molecular formula is C11H12Cl2OS. The van der Waals surface area contributed by atoms with Gasteiger partial charge in [-0.25, -0.2) is 0 Å². The van der Waals surface area contributed by atoms with Crippen LogP contribution in [0, 0.1) is 5.92 Å². The summed E-state index contributed by atoms with van der Waals surface area (Å²) in [4.78, 5) is 12.3. The largest absolute Gasteiger partial charge is 0.298 e. The summed E-state index contributed by atoms with van der Waals surface area (Å²) >= 11 is 13.2. The first-order valence-corrected chi connectivity index (χ1v) is 6.35. The highest BCUT2D eigenvalue weighted by atomic mass is 35.5. The summed E-state index contributed by atoms with van der Waals surface area (Å²) in [5.74, 6) is 0.726. The molecule has 0 saturated heterocycles. The first-order valence-electron chi connectivity index (χ1n) is 4.61. The number of hydrogen-bond donors (Lipinski definition) is 0. The van der Waals surface area contributed by atoms with Crippen LogP contribution in [0.25, 0.3) is 0 Å². The summed E-state index contributed by atoms with van der Waals surface area (Å²) < 4.78 is 0. The van der Waals surface area contributed by atoms with E-state index in [4.69, 9.17) is 23.2 Å². The van der Waals surface area contributed by atoms with E-state index >= 15 is 0 Å². The molecule has 0 atom stereocenters. The number of halogens is 2. The molecule has 0 aromatic heterocycles. The van der Waals surface area contributed by atoms with Crippen molar-refractivity contribution in [3.8, 4) is 0 Å². The molecule has 0 unspecified atom stereocenters. The lowest BCUT2D eigenvalue weighted by Crippen LogP contribution is -2.09. The minimum atomic E-state index is 0.0652. The fourth-order valence-corrected chi connectivity index (χ4v) is 2.47. The van der Waals surface area contributed by atoms with Gasteiger partial charge in [-0.1, -0.05) is 37.0 Å². The van der Waals surface area contributed by atoms with Gasteiger partial charge in [0.05, 0.1) is 10.8 Å². The van der Waals surface area contributed by atoms with E-state index in [9.17, 15) is 4.79 Å². The van der Waals surface area contributed by atoms with Gasteiger partial charge in [-0.05, 0) is 18.2 Å². The maximum atomic E-state index is 11.4. The SMILES string of the molecule is CC(C)C(=O)CSc1cc(Cl)ccc1Cl. The summed E-state index contributed by atoms with van der Waals surface area (Å²) in [6.45, 7) is 3.78. The first kappa shape index (κ1) is 12.9. The fourth-order valence-electron chi connectivity index (χ4n) is 0.903. The normalized spacial score (nSPS) is 10.7. The Bertz CT molecular complexity index is 364. The molecule has 1 rings (SSSR count). The molecule has 0 bridgehead atoms. The van der Waals surface area contributed by atoms with Gasteiger partial charge in [-0.15, -0.1) is 11.8 Å². The Kier molecular flexibility index (Phi) is 4.97. The third kappa shape index (κ3) is 4.06. The smallest absolute Gasteiger partial charge is 0.145 e. The molecule has 15 heavy (non-hydrogen) atoms. The third-order valence-electron chi connectivity index (χ3n) is 1.91. The van der Waals surface area contributed by atoms with Crippen LogP contribution in [0.4, 0.5) is 0 Å². The molecule has 82 valence electrons. The molecule has 1 aromatic carbocycles. The van der Waals surface area contributed by atoms with Gasteiger partial charge in [0.25, 0.3) is 0 Å². The Morgan fingerprint density at radius 1 is 1.40 bits per heavy atom. The molecule has 0 N–H and O–H groups in total. The van der Waals surface area contributed by atoms with Crippen LogP contribution in [-0.2, 0) is 4.79 Å². The molecule has 4 heteroatoms. The molecular weight excluding hydrogens is 251 g/mol. The number of carbonyl (C=O) groups excluding carboxylic acids is 1. The minimum absolute atomic E-state index is 0.0652. The van der Waals surface area contributed by atoms with Gasteiger partial charge in [0.15, 0.2) is 0 Å². The van der Waals surface area contributed by atoms with E-state index in [1.807, 2.05) is 13.8 Å². The van der Waals surface area contributed by atoms with Crippen molar-refractivity contribution in [2.24, 2.45) is 5.92 Å². The van der Waals surface area contributed by atoms with Crippen molar-refractivity contribution in [3.05, 3.63) is 28.2 Å². The quantitative estimate of drug-likeness (QED) is 0.753. The number of rotatable bonds is 4. The van der Waals surface area contributed by atoms with Crippen LogP contribution in [0.3, 0.4) is 0 Å². The van der Waals surface area contributed by atoms with Crippen LogP contribution in [0.15, 0.2) is 23.1 Å². The van der Waals surface area contributed by atoms with Crippen molar-refractivity contribution in [1.82, 2.24) is 0 Å². The maximum absolute atomic E-state index is 11.4. The van der Waals surface area contributed by atoms with Gasteiger partial charge >= 0.3 is 0 Å². The van der Waals surface area contributed by atoms with Crippen LogP contribution in [0.1, 0.15) is 13.8 Å². The average Bonchev–Trinajstić information content (AvgIpc) is 2.18. The monoisotopic (exact) mass is 262 g/mol. The van der Waals surface area contributed by atoms with E-state index in [0.29, 0.717) is 15.8 Å². The molecule has 0 saturated carbocycles. The maximum Gasteiger partial charge on any atom is 0.145 e. The Balaban J connectivity index is 2.65. The summed E-state index contributed by atoms with van der Waals surface area (Å²) in [7, 11) is 0. The van der Waals surface area contributed by atoms with Crippen LogP contribution < -0.4 is 0 Å². The predicted octanol–water partition coefficient (Wildman–Crippen LogP) is 4.31. The van der Waals surface area contributed by atoms with E-state index in [1.54, 1.807) is 18.2 Å². The first-order chi connectivity index (χ1) is 7.00. The Morgan fingerprint density at radius 2 is 2.07 bits per heavy atom. The average molecular weight is 263 g/mol. The summed E-state index contributed by atoms with van der Waals surface area (Å²) in [6.07, 6.45) is 0. The molecule has 0 aliphatic heterocycles. The van der Waals surface area contributed by atoms with Gasteiger partial charge in [0, 0.05) is 15.8 Å². The van der Waals surface area contributed by atoms with Crippen LogP contribution >= 0.6 is 35.0 Å². The van der Waals surface area contributed by atoms with Crippen LogP contribution in [0.2, 0.25) is 10.0 Å². The molecule has 0 amide bonds. The van der Waals surface area contributed by atoms with E-state index < -0.39 is 0 Å². The predicted molar refractivity (Wildman–Crippen MR) is 67.0 cm³/mol. The molecule has 0 radical (unpaired) electrons. The summed E-state index contributed by atoms with van der Waals surface area (Å²) in [6, 6.07) is 5.26. The Hall–Kier alpha value is -0.180. The van der Waals surface area contributed by atoms with Crippen molar-refractivity contribution in [2.45, 2.75) is 18.7 Å². The topological polar surface area (TPSA) is 17.1 Å². The van der Waals surface area contributed by atoms with Gasteiger partial charge in [0.2, 0.25) is 0 Å². The second-order valence-corrected chi connectivity index (χ2v) is 5.35. The fraction of sp³-hybridized carbons (Fsp3) is 0.364. The van der Waals surface area contributed by atoms with Crippen molar-refractivity contribution in [3.63, 3.8) is 0 Å². The molecule has 1 nitrogen and oxygen atoms in total. The molecule has 0 heterocycles. The van der Waals surface area contributed by atoms with E-state index in [1.165, 1.54) is 11.8 Å². The van der Waals surface area contributed by atoms with E-state index in [0.717, 1.165) is 4.90 Å². The van der Waals surface area contributed by atoms with Crippen molar-refractivity contribution >= 4 is 40.7 Å². The van der Waals surface area contributed by atoms with Crippen molar-refractivity contribution in [2.75, 3.05) is 5.75 Å². The summed E-state index contributed by atoms with van der Waals surface area (Å²) in [5.41, 5.74) is 0. The Morgan fingerprint density at radius 3 is 2.67 bits per heavy atom. The van der Waals surface area contributed by atoms with E-state index in [-0.39, 0.29) is 11.7 Å². The molecule has 1 aromatic rings. The standard InChI is InChI=1S/C11H12Cl2OS/c1-7(2)10(14)6-15-11-5-8(12)3-4-9(11)13/h3-5,7H,6H2,1-2H3. The summed E-state index contributed by atoms with van der Waals surface area (Å²) in [5, 5.41) is 1.28. The highest BCUT2D eigenvalue weighted by Crippen LogP contribution is 2.30.